The molecule has 0 atom stereocenters. The van der Waals surface area contributed by atoms with Crippen LogP contribution >= 0.6 is 23.2 Å². The highest BCUT2D eigenvalue weighted by molar-refractivity contribution is 6.34. The van der Waals surface area contributed by atoms with Crippen LogP contribution in [0.4, 0.5) is 5.69 Å². The van der Waals surface area contributed by atoms with Crippen LogP contribution in [0.25, 0.3) is 0 Å². The summed E-state index contributed by atoms with van der Waals surface area (Å²) >= 11 is 12.1. The van der Waals surface area contributed by atoms with E-state index >= 15 is 0 Å². The fraction of sp³-hybridized carbons (Fsp3) is 0.235. The Balaban J connectivity index is 1.63. The predicted molar refractivity (Wildman–Crippen MR) is 92.8 cm³/mol. The average molecular weight is 368 g/mol. The highest BCUT2D eigenvalue weighted by atomic mass is 35.5. The molecule has 1 heterocycles. The number of benzene rings is 2. The molecule has 0 saturated heterocycles. The van der Waals surface area contributed by atoms with E-state index in [1.54, 1.807) is 30.3 Å². The average Bonchev–Trinajstić information content (AvgIpc) is 2.56. The highest BCUT2D eigenvalue weighted by Gasteiger charge is 2.16. The van der Waals surface area contributed by atoms with E-state index in [0.717, 1.165) is 5.56 Å². The van der Waals surface area contributed by atoms with Gasteiger partial charge in [-0.05, 0) is 30.7 Å². The van der Waals surface area contributed by atoms with Crippen molar-refractivity contribution >= 4 is 34.8 Å². The first-order chi connectivity index (χ1) is 11.5. The molecule has 0 aliphatic carbocycles. The molecular formula is C17H15Cl2NO4. The minimum absolute atomic E-state index is 0.147. The molecule has 3 rings (SSSR count). The lowest BCUT2D eigenvalue weighted by Gasteiger charge is -2.20. The van der Waals surface area contributed by atoms with Crippen molar-refractivity contribution in [3.05, 3.63) is 45.9 Å². The number of carbonyl (C=O) groups excluding carboxylic acids is 1. The molecule has 0 saturated carbocycles. The molecule has 5 nitrogen and oxygen atoms in total. The monoisotopic (exact) mass is 367 g/mol. The molecular weight excluding hydrogens is 353 g/mol. The van der Waals surface area contributed by atoms with Crippen LogP contribution in [0.5, 0.6) is 17.2 Å². The van der Waals surface area contributed by atoms with Gasteiger partial charge in [-0.3, -0.25) is 4.79 Å². The second kappa shape index (κ2) is 7.20. The van der Waals surface area contributed by atoms with E-state index in [4.69, 9.17) is 37.4 Å². The van der Waals surface area contributed by atoms with E-state index in [9.17, 15) is 4.79 Å². The molecule has 0 aromatic heterocycles. The van der Waals surface area contributed by atoms with E-state index in [1.807, 2.05) is 6.92 Å². The van der Waals surface area contributed by atoms with Gasteiger partial charge in [0.1, 0.15) is 19.0 Å². The van der Waals surface area contributed by atoms with Crippen LogP contribution in [0.2, 0.25) is 10.0 Å². The Labute approximate surface area is 149 Å². The Morgan fingerprint density at radius 2 is 1.83 bits per heavy atom. The van der Waals surface area contributed by atoms with E-state index in [0.29, 0.717) is 46.2 Å². The van der Waals surface area contributed by atoms with E-state index in [2.05, 4.69) is 5.32 Å². The maximum atomic E-state index is 12.1. The number of amides is 1. The van der Waals surface area contributed by atoms with Gasteiger partial charge in [-0.1, -0.05) is 23.2 Å². The Kier molecular flexibility index (Phi) is 5.02. The van der Waals surface area contributed by atoms with E-state index in [-0.39, 0.29) is 12.5 Å². The van der Waals surface area contributed by atoms with Crippen molar-refractivity contribution in [2.75, 3.05) is 25.1 Å². The number of halogens is 2. The van der Waals surface area contributed by atoms with Crippen molar-refractivity contribution < 1.29 is 19.0 Å². The minimum atomic E-state index is -0.332. The molecule has 2 aromatic rings. The summed E-state index contributed by atoms with van der Waals surface area (Å²) in [5.74, 6) is 1.36. The Morgan fingerprint density at radius 3 is 2.54 bits per heavy atom. The van der Waals surface area contributed by atoms with E-state index < -0.39 is 0 Å². The summed E-state index contributed by atoms with van der Waals surface area (Å²) < 4.78 is 16.4. The summed E-state index contributed by atoms with van der Waals surface area (Å²) in [6.45, 7) is 2.65. The summed E-state index contributed by atoms with van der Waals surface area (Å²) in [6, 6.07) is 8.46. The number of hydrogen-bond donors (Lipinski definition) is 1. The highest BCUT2D eigenvalue weighted by Crippen LogP contribution is 2.37. The van der Waals surface area contributed by atoms with Crippen LogP contribution in [0.1, 0.15) is 5.56 Å². The molecule has 0 unspecified atom stereocenters. The van der Waals surface area contributed by atoms with Gasteiger partial charge in [0.2, 0.25) is 0 Å². The summed E-state index contributed by atoms with van der Waals surface area (Å²) in [5.41, 5.74) is 1.33. The zero-order valence-electron chi connectivity index (χ0n) is 12.9. The summed E-state index contributed by atoms with van der Waals surface area (Å²) in [5, 5.41) is 3.72. The third-order valence-electron chi connectivity index (χ3n) is 3.41. The second-order valence-corrected chi connectivity index (χ2v) is 6.04. The van der Waals surface area contributed by atoms with Gasteiger partial charge in [0, 0.05) is 17.2 Å². The van der Waals surface area contributed by atoms with Gasteiger partial charge in [-0.15, -0.1) is 0 Å². The zero-order chi connectivity index (χ0) is 17.1. The number of ether oxygens (including phenoxy) is 3. The van der Waals surface area contributed by atoms with Crippen molar-refractivity contribution in [2.24, 2.45) is 0 Å². The fourth-order valence-corrected chi connectivity index (χ4v) is 2.52. The molecule has 0 spiro atoms. The summed E-state index contributed by atoms with van der Waals surface area (Å²) in [4.78, 5) is 12.1. The van der Waals surface area contributed by atoms with Crippen molar-refractivity contribution in [2.45, 2.75) is 6.92 Å². The SMILES string of the molecule is Cc1cc(OCC(=O)Nc2cc3c(cc2Cl)OCCO3)ccc1Cl. The number of aryl methyl sites for hydroxylation is 1. The van der Waals surface area contributed by atoms with Crippen molar-refractivity contribution in [1.29, 1.82) is 0 Å². The molecule has 24 heavy (non-hydrogen) atoms. The summed E-state index contributed by atoms with van der Waals surface area (Å²) in [7, 11) is 0. The quantitative estimate of drug-likeness (QED) is 0.883. The Bertz CT molecular complexity index is 779. The molecule has 1 amide bonds. The van der Waals surface area contributed by atoms with Gasteiger partial charge in [0.05, 0.1) is 10.7 Å². The lowest BCUT2D eigenvalue weighted by molar-refractivity contribution is -0.118. The van der Waals surface area contributed by atoms with Crippen molar-refractivity contribution in [1.82, 2.24) is 0 Å². The lowest BCUT2D eigenvalue weighted by Crippen LogP contribution is -2.21. The number of fused-ring (bicyclic) bond motifs is 1. The number of carbonyl (C=O) groups is 1. The van der Waals surface area contributed by atoms with Gasteiger partial charge >= 0.3 is 0 Å². The lowest BCUT2D eigenvalue weighted by atomic mass is 10.2. The zero-order valence-corrected chi connectivity index (χ0v) is 14.4. The predicted octanol–water partition coefficient (Wildman–Crippen LogP) is 4.09. The van der Waals surface area contributed by atoms with Crippen LogP contribution in [-0.2, 0) is 4.79 Å². The van der Waals surface area contributed by atoms with Gasteiger partial charge < -0.3 is 19.5 Å². The molecule has 1 N–H and O–H groups in total. The number of anilines is 1. The van der Waals surface area contributed by atoms with Crippen LogP contribution in [-0.4, -0.2) is 25.7 Å². The van der Waals surface area contributed by atoms with Gasteiger partial charge in [-0.2, -0.15) is 0 Å². The first-order valence-electron chi connectivity index (χ1n) is 7.31. The molecule has 126 valence electrons. The smallest absolute Gasteiger partial charge is 0.262 e. The number of nitrogens with one attached hydrogen (secondary N) is 1. The summed E-state index contributed by atoms with van der Waals surface area (Å²) in [6.07, 6.45) is 0. The van der Waals surface area contributed by atoms with Gasteiger partial charge in [0.25, 0.3) is 5.91 Å². The van der Waals surface area contributed by atoms with Crippen molar-refractivity contribution in [3.63, 3.8) is 0 Å². The maximum absolute atomic E-state index is 12.1. The van der Waals surface area contributed by atoms with Gasteiger partial charge in [-0.25, -0.2) is 0 Å². The normalized spacial score (nSPS) is 12.6. The third-order valence-corrected chi connectivity index (χ3v) is 4.14. The van der Waals surface area contributed by atoms with Crippen molar-refractivity contribution in [3.8, 4) is 17.2 Å². The standard InChI is InChI=1S/C17H15Cl2NO4/c1-10-6-11(2-3-12(10)18)24-9-17(21)20-14-8-16-15(7-13(14)19)22-4-5-23-16/h2-3,6-8H,4-5,9H2,1H3,(H,20,21). The minimum Gasteiger partial charge on any atom is -0.486 e. The van der Waals surface area contributed by atoms with Crippen LogP contribution in [0.15, 0.2) is 30.3 Å². The molecule has 0 fully saturated rings. The first-order valence-corrected chi connectivity index (χ1v) is 8.06. The third kappa shape index (κ3) is 3.86. The number of hydrogen-bond acceptors (Lipinski definition) is 4. The first kappa shape index (κ1) is 16.7. The molecule has 7 heteroatoms. The molecule has 1 aliphatic heterocycles. The topological polar surface area (TPSA) is 56.8 Å². The second-order valence-electron chi connectivity index (χ2n) is 5.22. The fourth-order valence-electron chi connectivity index (χ4n) is 2.20. The van der Waals surface area contributed by atoms with Gasteiger partial charge in [0.15, 0.2) is 18.1 Å². The molecule has 2 aromatic carbocycles. The maximum Gasteiger partial charge on any atom is 0.262 e. The molecule has 0 radical (unpaired) electrons. The largest absolute Gasteiger partial charge is 0.486 e. The molecule has 0 bridgehead atoms. The van der Waals surface area contributed by atoms with E-state index in [1.165, 1.54) is 0 Å². The Hall–Kier alpha value is -2.11. The number of rotatable bonds is 4. The van der Waals surface area contributed by atoms with Crippen LogP contribution in [0.3, 0.4) is 0 Å². The molecule has 1 aliphatic rings. The van der Waals surface area contributed by atoms with Crippen LogP contribution < -0.4 is 19.5 Å². The van der Waals surface area contributed by atoms with Crippen LogP contribution in [0, 0.1) is 6.92 Å². The Morgan fingerprint density at radius 1 is 1.12 bits per heavy atom.